The van der Waals surface area contributed by atoms with E-state index in [9.17, 15) is 8.42 Å². The largest absolute Gasteiger partial charge is 0.245 e. The maximum absolute atomic E-state index is 12.4. The van der Waals surface area contributed by atoms with Gasteiger partial charge in [-0.05, 0) is 18.4 Å². The van der Waals surface area contributed by atoms with Crippen molar-refractivity contribution in [1.29, 1.82) is 0 Å². The summed E-state index contributed by atoms with van der Waals surface area (Å²) in [5, 5.41) is 2.86. The summed E-state index contributed by atoms with van der Waals surface area (Å²) in [5.41, 5.74) is 1.84. The molecular formula is C15H20N2O2S2. The van der Waals surface area contributed by atoms with E-state index in [0.717, 1.165) is 16.3 Å². The second-order valence-electron chi connectivity index (χ2n) is 5.20. The van der Waals surface area contributed by atoms with Crippen molar-refractivity contribution in [2.45, 2.75) is 26.3 Å². The molecular weight excluding hydrogens is 304 g/mol. The highest BCUT2D eigenvalue weighted by atomic mass is 32.2. The van der Waals surface area contributed by atoms with Crippen LogP contribution in [0.1, 0.15) is 29.1 Å². The van der Waals surface area contributed by atoms with Crippen LogP contribution in [0.15, 0.2) is 35.7 Å². The third kappa shape index (κ3) is 4.36. The summed E-state index contributed by atoms with van der Waals surface area (Å²) < 4.78 is 26.2. The van der Waals surface area contributed by atoms with Gasteiger partial charge in [0, 0.05) is 12.4 Å². The van der Waals surface area contributed by atoms with Crippen LogP contribution in [0.4, 0.5) is 0 Å². The monoisotopic (exact) mass is 324 g/mol. The minimum Gasteiger partial charge on any atom is -0.245 e. The molecule has 114 valence electrons. The number of aryl methyl sites for hydroxylation is 1. The number of hydrogen-bond acceptors (Lipinski definition) is 4. The molecule has 1 aromatic carbocycles. The van der Waals surface area contributed by atoms with E-state index in [1.165, 1.54) is 15.6 Å². The van der Waals surface area contributed by atoms with Crippen molar-refractivity contribution in [3.8, 4) is 0 Å². The van der Waals surface area contributed by atoms with Crippen LogP contribution in [0, 0.1) is 6.92 Å². The van der Waals surface area contributed by atoms with Crippen LogP contribution in [0.2, 0.25) is 0 Å². The topological polar surface area (TPSA) is 50.3 Å². The van der Waals surface area contributed by atoms with E-state index in [0.29, 0.717) is 6.54 Å². The number of hydrogen-bond donors (Lipinski definition) is 0. The fraction of sp³-hybridized carbons (Fsp3) is 0.400. The summed E-state index contributed by atoms with van der Waals surface area (Å²) >= 11 is 1.54. The average molecular weight is 324 g/mol. The predicted octanol–water partition coefficient (Wildman–Crippen LogP) is 3.02. The normalized spacial score (nSPS) is 13.5. The Kier molecular flexibility index (Phi) is 5.13. The van der Waals surface area contributed by atoms with Crippen molar-refractivity contribution in [3.05, 3.63) is 52.0 Å². The molecule has 1 unspecified atom stereocenters. The van der Waals surface area contributed by atoms with Crippen LogP contribution in [0.3, 0.4) is 0 Å². The molecule has 0 fully saturated rings. The van der Waals surface area contributed by atoms with Crippen molar-refractivity contribution in [3.63, 3.8) is 0 Å². The van der Waals surface area contributed by atoms with Crippen molar-refractivity contribution in [2.24, 2.45) is 0 Å². The Labute approximate surface area is 130 Å². The van der Waals surface area contributed by atoms with Gasteiger partial charge in [0.2, 0.25) is 10.0 Å². The summed E-state index contributed by atoms with van der Waals surface area (Å²) in [7, 11) is -1.69. The SMILES string of the molecule is Cc1nc(CN(C)S(=O)(=O)CC(C)c2ccccc2)cs1. The van der Waals surface area contributed by atoms with Gasteiger partial charge in [-0.3, -0.25) is 0 Å². The lowest BCUT2D eigenvalue weighted by molar-refractivity contribution is 0.460. The lowest BCUT2D eigenvalue weighted by Crippen LogP contribution is -2.30. The van der Waals surface area contributed by atoms with E-state index >= 15 is 0 Å². The van der Waals surface area contributed by atoms with Crippen molar-refractivity contribution >= 4 is 21.4 Å². The van der Waals surface area contributed by atoms with Gasteiger partial charge in [-0.25, -0.2) is 13.4 Å². The van der Waals surface area contributed by atoms with Gasteiger partial charge in [0.05, 0.1) is 23.0 Å². The second kappa shape index (κ2) is 6.68. The number of aromatic nitrogens is 1. The molecule has 2 rings (SSSR count). The van der Waals surface area contributed by atoms with Gasteiger partial charge in [0.15, 0.2) is 0 Å². The smallest absolute Gasteiger partial charge is 0.214 e. The molecule has 0 amide bonds. The molecule has 0 saturated carbocycles. The first-order valence-electron chi connectivity index (χ1n) is 6.78. The molecule has 1 aromatic heterocycles. The quantitative estimate of drug-likeness (QED) is 0.821. The molecule has 0 aliphatic carbocycles. The Hall–Kier alpha value is -1.24. The van der Waals surface area contributed by atoms with Crippen LogP contribution in [-0.4, -0.2) is 30.5 Å². The van der Waals surface area contributed by atoms with Crippen LogP contribution in [-0.2, 0) is 16.6 Å². The Morgan fingerprint density at radius 1 is 1.29 bits per heavy atom. The summed E-state index contributed by atoms with van der Waals surface area (Å²) in [6, 6.07) is 9.72. The number of nitrogens with zero attached hydrogens (tertiary/aromatic N) is 2. The number of thiazole rings is 1. The third-order valence-electron chi connectivity index (χ3n) is 3.36. The number of sulfonamides is 1. The zero-order valence-corrected chi connectivity index (χ0v) is 14.1. The highest BCUT2D eigenvalue weighted by molar-refractivity contribution is 7.89. The lowest BCUT2D eigenvalue weighted by atomic mass is 10.0. The second-order valence-corrected chi connectivity index (χ2v) is 8.39. The van der Waals surface area contributed by atoms with Gasteiger partial charge < -0.3 is 0 Å². The molecule has 4 nitrogen and oxygen atoms in total. The van der Waals surface area contributed by atoms with Gasteiger partial charge in [-0.1, -0.05) is 37.3 Å². The Morgan fingerprint density at radius 3 is 2.52 bits per heavy atom. The molecule has 6 heteroatoms. The van der Waals surface area contributed by atoms with Gasteiger partial charge in [-0.2, -0.15) is 4.31 Å². The summed E-state index contributed by atoms with van der Waals surface area (Å²) in [5.74, 6) is 0.0761. The van der Waals surface area contributed by atoms with Gasteiger partial charge in [0.1, 0.15) is 0 Å². The van der Waals surface area contributed by atoms with E-state index in [4.69, 9.17) is 0 Å². The summed E-state index contributed by atoms with van der Waals surface area (Å²) in [6.45, 7) is 4.18. The fourth-order valence-electron chi connectivity index (χ4n) is 2.13. The molecule has 0 N–H and O–H groups in total. The van der Waals surface area contributed by atoms with Crippen LogP contribution in [0.5, 0.6) is 0 Å². The van der Waals surface area contributed by atoms with E-state index in [1.54, 1.807) is 7.05 Å². The first-order valence-corrected chi connectivity index (χ1v) is 9.27. The van der Waals surface area contributed by atoms with E-state index in [2.05, 4.69) is 4.98 Å². The Bertz CT molecular complexity index is 681. The Morgan fingerprint density at radius 2 is 1.95 bits per heavy atom. The van der Waals surface area contributed by atoms with Crippen molar-refractivity contribution in [1.82, 2.24) is 9.29 Å². The molecule has 2 aromatic rings. The van der Waals surface area contributed by atoms with Crippen LogP contribution in [0.25, 0.3) is 0 Å². The van der Waals surface area contributed by atoms with E-state index in [1.807, 2.05) is 49.6 Å². The minimum atomic E-state index is -3.30. The summed E-state index contributed by atoms with van der Waals surface area (Å²) in [4.78, 5) is 4.31. The highest BCUT2D eigenvalue weighted by Gasteiger charge is 2.22. The van der Waals surface area contributed by atoms with Crippen LogP contribution < -0.4 is 0 Å². The maximum Gasteiger partial charge on any atom is 0.214 e. The lowest BCUT2D eigenvalue weighted by Gasteiger charge is -2.19. The third-order valence-corrected chi connectivity index (χ3v) is 6.18. The Balaban J connectivity index is 2.04. The van der Waals surface area contributed by atoms with Gasteiger partial charge >= 0.3 is 0 Å². The predicted molar refractivity (Wildman–Crippen MR) is 87.0 cm³/mol. The minimum absolute atomic E-state index is 0.0316. The van der Waals surface area contributed by atoms with Crippen molar-refractivity contribution in [2.75, 3.05) is 12.8 Å². The fourth-order valence-corrected chi connectivity index (χ4v) is 4.14. The van der Waals surface area contributed by atoms with E-state index < -0.39 is 10.0 Å². The van der Waals surface area contributed by atoms with Gasteiger partial charge in [-0.15, -0.1) is 11.3 Å². The average Bonchev–Trinajstić information content (AvgIpc) is 2.84. The molecule has 0 spiro atoms. The summed E-state index contributed by atoms with van der Waals surface area (Å²) in [6.07, 6.45) is 0. The molecule has 0 aliphatic heterocycles. The van der Waals surface area contributed by atoms with Gasteiger partial charge in [0.25, 0.3) is 0 Å². The first kappa shape index (κ1) is 16.1. The van der Waals surface area contributed by atoms with E-state index in [-0.39, 0.29) is 11.7 Å². The highest BCUT2D eigenvalue weighted by Crippen LogP contribution is 2.19. The zero-order valence-electron chi connectivity index (χ0n) is 12.5. The first-order chi connectivity index (χ1) is 9.88. The number of rotatable bonds is 6. The molecule has 1 heterocycles. The maximum atomic E-state index is 12.4. The molecule has 21 heavy (non-hydrogen) atoms. The van der Waals surface area contributed by atoms with Crippen LogP contribution >= 0.6 is 11.3 Å². The molecule has 0 bridgehead atoms. The molecule has 0 saturated heterocycles. The molecule has 0 aliphatic rings. The molecule has 0 radical (unpaired) electrons. The van der Waals surface area contributed by atoms with Crippen molar-refractivity contribution < 1.29 is 8.42 Å². The number of benzene rings is 1. The molecule has 1 atom stereocenters. The standard InChI is InChI=1S/C15H20N2O2S2/c1-12(14-7-5-4-6-8-14)11-21(18,19)17(3)9-15-10-20-13(2)16-15/h4-8,10,12H,9,11H2,1-3H3. The zero-order chi connectivity index (χ0) is 15.5.